The van der Waals surface area contributed by atoms with E-state index in [1.165, 1.54) is 26.3 Å². The fraction of sp³-hybridized carbons (Fsp3) is 0.400. The number of carbonyl (C=O) groups excluding carboxylic acids is 1. The van der Waals surface area contributed by atoms with Crippen LogP contribution in [0.25, 0.3) is 0 Å². The molecule has 10 heteroatoms. The van der Waals surface area contributed by atoms with Gasteiger partial charge in [0.15, 0.2) is 5.82 Å². The van der Waals surface area contributed by atoms with Gasteiger partial charge in [-0.1, -0.05) is 17.3 Å². The smallest absolute Gasteiger partial charge is 0.246 e. The second-order valence-electron chi connectivity index (χ2n) is 5.17. The molecular weight excluding hydrogens is 348 g/mol. The van der Waals surface area contributed by atoms with Crippen LogP contribution in [0.2, 0.25) is 0 Å². The third-order valence-electron chi connectivity index (χ3n) is 3.36. The largest absolute Gasteiger partial charge is 0.377 e. The molecule has 25 heavy (non-hydrogen) atoms. The molecule has 2 rings (SSSR count). The summed E-state index contributed by atoms with van der Waals surface area (Å²) < 4.78 is 35.4. The molecule has 0 saturated heterocycles. The Morgan fingerprint density at radius 1 is 1.28 bits per heavy atom. The van der Waals surface area contributed by atoms with Crippen molar-refractivity contribution in [2.45, 2.75) is 30.9 Å². The first-order valence-corrected chi connectivity index (χ1v) is 9.02. The summed E-state index contributed by atoms with van der Waals surface area (Å²) in [6.45, 7) is 0.394. The van der Waals surface area contributed by atoms with E-state index in [1.807, 2.05) is 0 Å². The van der Waals surface area contributed by atoms with E-state index in [0.29, 0.717) is 18.1 Å². The third-order valence-corrected chi connectivity index (χ3v) is 4.79. The SMILES string of the molecule is CNS(=O)(=O)c1ccc(CCC(=O)NCc2nc(COC)no2)cc1. The predicted octanol–water partition coefficient (Wildman–Crippen LogP) is 0.373. The van der Waals surface area contributed by atoms with Crippen LogP contribution in [0.15, 0.2) is 33.7 Å². The second-order valence-corrected chi connectivity index (χ2v) is 7.05. The third kappa shape index (κ3) is 5.62. The molecule has 0 bridgehead atoms. The Kier molecular flexibility index (Phi) is 6.62. The first-order chi connectivity index (χ1) is 11.9. The summed E-state index contributed by atoms with van der Waals surface area (Å²) in [7, 11) is -0.567. The van der Waals surface area contributed by atoms with Gasteiger partial charge >= 0.3 is 0 Å². The molecule has 136 valence electrons. The highest BCUT2D eigenvalue weighted by atomic mass is 32.2. The molecule has 2 N–H and O–H groups in total. The van der Waals surface area contributed by atoms with Crippen LogP contribution in [-0.2, 0) is 39.1 Å². The van der Waals surface area contributed by atoms with Gasteiger partial charge in [0, 0.05) is 13.5 Å². The van der Waals surface area contributed by atoms with Crippen molar-refractivity contribution < 1.29 is 22.5 Å². The fourth-order valence-corrected chi connectivity index (χ4v) is 2.75. The van der Waals surface area contributed by atoms with Gasteiger partial charge in [-0.25, -0.2) is 13.1 Å². The lowest BCUT2D eigenvalue weighted by Crippen LogP contribution is -2.23. The lowest BCUT2D eigenvalue weighted by Gasteiger charge is -2.05. The number of amides is 1. The summed E-state index contributed by atoms with van der Waals surface area (Å²) in [6, 6.07) is 6.39. The fourth-order valence-electron chi connectivity index (χ4n) is 2.02. The van der Waals surface area contributed by atoms with Gasteiger partial charge in [-0.3, -0.25) is 4.79 Å². The maximum Gasteiger partial charge on any atom is 0.246 e. The highest BCUT2D eigenvalue weighted by Crippen LogP contribution is 2.11. The summed E-state index contributed by atoms with van der Waals surface area (Å²) in [6.07, 6.45) is 0.752. The number of nitrogens with one attached hydrogen (secondary N) is 2. The Labute approximate surface area is 145 Å². The molecule has 0 radical (unpaired) electrons. The minimum absolute atomic E-state index is 0.148. The highest BCUT2D eigenvalue weighted by molar-refractivity contribution is 7.89. The summed E-state index contributed by atoms with van der Waals surface area (Å²) in [5.74, 6) is 0.559. The second kappa shape index (κ2) is 8.70. The number of carbonyl (C=O) groups is 1. The number of rotatable bonds is 9. The van der Waals surface area contributed by atoms with E-state index < -0.39 is 10.0 Å². The highest BCUT2D eigenvalue weighted by Gasteiger charge is 2.11. The summed E-state index contributed by atoms with van der Waals surface area (Å²) in [4.78, 5) is 16.1. The zero-order valence-electron chi connectivity index (χ0n) is 14.0. The summed E-state index contributed by atoms with van der Waals surface area (Å²) in [5, 5.41) is 6.38. The van der Waals surface area contributed by atoms with Crippen molar-refractivity contribution in [3.63, 3.8) is 0 Å². The lowest BCUT2D eigenvalue weighted by molar-refractivity contribution is -0.121. The predicted molar refractivity (Wildman–Crippen MR) is 87.9 cm³/mol. The molecule has 1 amide bonds. The van der Waals surface area contributed by atoms with Crippen LogP contribution in [0.3, 0.4) is 0 Å². The quantitative estimate of drug-likeness (QED) is 0.655. The standard InChI is InChI=1S/C15H20N4O5S/c1-16-25(21,22)12-6-3-11(4-7-12)5-8-14(20)17-9-15-18-13(10-23-2)19-24-15/h3-4,6-7,16H,5,8-10H2,1-2H3,(H,17,20). The van der Waals surface area contributed by atoms with Gasteiger partial charge in [0.25, 0.3) is 0 Å². The minimum atomic E-state index is -3.45. The molecule has 0 aliphatic rings. The van der Waals surface area contributed by atoms with Crippen LogP contribution in [0.4, 0.5) is 0 Å². The Morgan fingerprint density at radius 3 is 2.64 bits per heavy atom. The van der Waals surface area contributed by atoms with Crippen molar-refractivity contribution in [3.05, 3.63) is 41.5 Å². The Bertz CT molecular complexity index is 802. The zero-order valence-corrected chi connectivity index (χ0v) is 14.8. The summed E-state index contributed by atoms with van der Waals surface area (Å²) in [5.41, 5.74) is 0.866. The maximum absolute atomic E-state index is 11.9. The first kappa shape index (κ1) is 19.0. The van der Waals surface area contributed by atoms with Crippen LogP contribution < -0.4 is 10.0 Å². The monoisotopic (exact) mass is 368 g/mol. The van der Waals surface area contributed by atoms with Crippen molar-refractivity contribution in [1.29, 1.82) is 0 Å². The van der Waals surface area contributed by atoms with Crippen molar-refractivity contribution in [2.75, 3.05) is 14.2 Å². The number of aryl methyl sites for hydroxylation is 1. The van der Waals surface area contributed by atoms with E-state index in [0.717, 1.165) is 5.56 Å². The molecule has 0 fully saturated rings. The maximum atomic E-state index is 11.9. The molecule has 1 heterocycles. The van der Waals surface area contributed by atoms with Gasteiger partial charge < -0.3 is 14.6 Å². The van der Waals surface area contributed by atoms with Gasteiger partial charge in [-0.2, -0.15) is 4.98 Å². The average molecular weight is 368 g/mol. The summed E-state index contributed by atoms with van der Waals surface area (Å²) >= 11 is 0. The van der Waals surface area contributed by atoms with Gasteiger partial charge in [-0.15, -0.1) is 0 Å². The van der Waals surface area contributed by atoms with Crippen LogP contribution in [0, 0.1) is 0 Å². The molecule has 1 aromatic carbocycles. The van der Waals surface area contributed by atoms with E-state index in [-0.39, 0.29) is 30.4 Å². The van der Waals surface area contributed by atoms with E-state index in [2.05, 4.69) is 20.2 Å². The number of nitrogens with zero attached hydrogens (tertiary/aromatic N) is 2. The molecule has 0 saturated carbocycles. The molecule has 2 aromatic rings. The molecule has 1 aromatic heterocycles. The number of ether oxygens (including phenoxy) is 1. The molecule has 0 unspecified atom stereocenters. The molecule has 0 aliphatic carbocycles. The first-order valence-electron chi connectivity index (χ1n) is 7.54. The van der Waals surface area contributed by atoms with Crippen LogP contribution >= 0.6 is 0 Å². The van der Waals surface area contributed by atoms with Crippen LogP contribution in [0.5, 0.6) is 0 Å². The van der Waals surface area contributed by atoms with Crippen molar-refractivity contribution in [1.82, 2.24) is 20.2 Å². The van der Waals surface area contributed by atoms with Crippen LogP contribution in [-0.4, -0.2) is 38.6 Å². The number of methoxy groups -OCH3 is 1. The van der Waals surface area contributed by atoms with Gasteiger partial charge in [-0.05, 0) is 31.2 Å². The van der Waals surface area contributed by atoms with E-state index >= 15 is 0 Å². The minimum Gasteiger partial charge on any atom is -0.377 e. The Hall–Kier alpha value is -2.30. The van der Waals surface area contributed by atoms with Crippen molar-refractivity contribution >= 4 is 15.9 Å². The van der Waals surface area contributed by atoms with Gasteiger partial charge in [0.05, 0.1) is 11.4 Å². The van der Waals surface area contributed by atoms with E-state index in [9.17, 15) is 13.2 Å². The Balaban J connectivity index is 1.79. The van der Waals surface area contributed by atoms with Gasteiger partial charge in [0.1, 0.15) is 6.61 Å². The van der Waals surface area contributed by atoms with Crippen molar-refractivity contribution in [3.8, 4) is 0 Å². The molecule has 0 aliphatic heterocycles. The van der Waals surface area contributed by atoms with E-state index in [1.54, 1.807) is 12.1 Å². The molecule has 9 nitrogen and oxygen atoms in total. The normalized spacial score (nSPS) is 11.4. The lowest BCUT2D eigenvalue weighted by atomic mass is 10.1. The van der Waals surface area contributed by atoms with Crippen LogP contribution in [0.1, 0.15) is 23.7 Å². The van der Waals surface area contributed by atoms with Gasteiger partial charge in [0.2, 0.25) is 21.8 Å². The number of aromatic nitrogens is 2. The zero-order chi connectivity index (χ0) is 18.3. The molecule has 0 atom stereocenters. The number of hydrogen-bond donors (Lipinski definition) is 2. The van der Waals surface area contributed by atoms with Crippen molar-refractivity contribution in [2.24, 2.45) is 0 Å². The Morgan fingerprint density at radius 2 is 2.00 bits per heavy atom. The number of benzene rings is 1. The number of sulfonamides is 1. The topological polar surface area (TPSA) is 123 Å². The molecule has 0 spiro atoms. The average Bonchev–Trinajstić information content (AvgIpc) is 3.06. The van der Waals surface area contributed by atoms with E-state index in [4.69, 9.17) is 9.26 Å². The number of hydrogen-bond acceptors (Lipinski definition) is 7. The molecular formula is C15H20N4O5S.